The van der Waals surface area contributed by atoms with Crippen molar-refractivity contribution in [2.75, 3.05) is 0 Å². The van der Waals surface area contributed by atoms with Gasteiger partial charge in [0.15, 0.2) is 5.12 Å². The van der Waals surface area contributed by atoms with Gasteiger partial charge in [0.05, 0.1) is 0 Å². The molecule has 76 valence electrons. The Kier molecular flexibility index (Phi) is 1.45. The molecule has 0 radical (unpaired) electrons. The molecule has 1 aliphatic rings. The molecule has 1 aromatic heterocycles. The molecule has 16 heavy (non-hydrogen) atoms. The predicted octanol–water partition coefficient (Wildman–Crippen LogP) is 3.49. The highest BCUT2D eigenvalue weighted by Gasteiger charge is 2.33. The molecule has 0 N–H and O–H groups in total. The maximum atomic E-state index is 12.0. The van der Waals surface area contributed by atoms with Gasteiger partial charge in [0.1, 0.15) is 7.76 Å². The van der Waals surface area contributed by atoms with Gasteiger partial charge in [-0.15, -0.1) is 0 Å². The Balaban J connectivity index is 2.31. The Bertz CT molecular complexity index is 750. The summed E-state index contributed by atoms with van der Waals surface area (Å²) in [5.74, 6) is 0.796. The third-order valence-electron chi connectivity index (χ3n) is 3.00. The molecule has 4 rings (SSSR count). The van der Waals surface area contributed by atoms with Crippen molar-refractivity contribution < 1.29 is 9.63 Å². The highest BCUT2D eigenvalue weighted by Crippen LogP contribution is 2.60. The van der Waals surface area contributed by atoms with Crippen molar-refractivity contribution in [3.8, 4) is 11.2 Å². The van der Waals surface area contributed by atoms with E-state index < -0.39 is 7.76 Å². The first-order valence-electron chi connectivity index (χ1n) is 5.10. The molecular weight excluding hydrogens is 219 g/mol. The van der Waals surface area contributed by atoms with Crippen LogP contribution in [0.15, 0.2) is 42.5 Å². The third kappa shape index (κ3) is 0.981. The van der Waals surface area contributed by atoms with Crippen LogP contribution in [-0.4, -0.2) is 0 Å². The fourth-order valence-corrected chi connectivity index (χ4v) is 3.44. The maximum Gasteiger partial charge on any atom is 0.344 e. The molecular formula is C13H7O2P. The van der Waals surface area contributed by atoms with Crippen LogP contribution >= 0.6 is 7.76 Å². The number of hydrogen-bond acceptors (Lipinski definition) is 2. The second-order valence-electron chi connectivity index (χ2n) is 3.93. The zero-order valence-corrected chi connectivity index (χ0v) is 9.20. The molecule has 0 fully saturated rings. The molecule has 0 bridgehead atoms. The number of ether oxygens (including phenoxy) is 1. The van der Waals surface area contributed by atoms with E-state index in [0.717, 1.165) is 21.6 Å². The molecule has 3 aromatic rings. The van der Waals surface area contributed by atoms with Crippen LogP contribution in [-0.2, 0) is 0 Å². The van der Waals surface area contributed by atoms with Crippen molar-refractivity contribution in [1.82, 2.24) is 0 Å². The molecule has 1 atom stereocenters. The molecule has 2 nitrogen and oxygen atoms in total. The Labute approximate surface area is 92.9 Å². The van der Waals surface area contributed by atoms with Crippen molar-refractivity contribution >= 4 is 29.0 Å². The first kappa shape index (κ1) is 8.51. The molecule has 1 aliphatic heterocycles. The Morgan fingerprint density at radius 1 is 1.00 bits per heavy atom. The Hall–Kier alpha value is -1.63. The average molecular weight is 226 g/mol. The first-order chi connectivity index (χ1) is 7.84. The lowest BCUT2D eigenvalue weighted by molar-refractivity contribution is -0.149. The number of fused-ring (bicyclic) bond motifs is 4. The van der Waals surface area contributed by atoms with Crippen LogP contribution in [0.3, 0.4) is 0 Å². The SMILES string of the molecule is [O-][p+]1c2c(cc3c4ccccc4ccc31)O2. The summed E-state index contributed by atoms with van der Waals surface area (Å²) < 4.78 is 5.22. The van der Waals surface area contributed by atoms with Gasteiger partial charge in [-0.1, -0.05) is 24.3 Å². The van der Waals surface area contributed by atoms with Gasteiger partial charge in [-0.3, -0.25) is 0 Å². The van der Waals surface area contributed by atoms with Gasteiger partial charge in [0.25, 0.3) is 0 Å². The minimum atomic E-state index is -1.49. The summed E-state index contributed by atoms with van der Waals surface area (Å²) in [6.07, 6.45) is 0. The highest BCUT2D eigenvalue weighted by atomic mass is 31.1. The van der Waals surface area contributed by atoms with Crippen molar-refractivity contribution in [1.29, 1.82) is 0 Å². The average Bonchev–Trinajstić information content (AvgIpc) is 3.09. The van der Waals surface area contributed by atoms with Crippen molar-refractivity contribution in [2.24, 2.45) is 0 Å². The molecule has 0 saturated heterocycles. The van der Waals surface area contributed by atoms with E-state index in [1.165, 1.54) is 5.39 Å². The third-order valence-corrected chi connectivity index (χ3v) is 4.51. The zero-order chi connectivity index (χ0) is 10.7. The summed E-state index contributed by atoms with van der Waals surface area (Å²) >= 11 is 0. The van der Waals surface area contributed by atoms with Gasteiger partial charge < -0.3 is 9.63 Å². The van der Waals surface area contributed by atoms with E-state index in [1.807, 2.05) is 30.3 Å². The monoisotopic (exact) mass is 226 g/mol. The molecule has 2 heterocycles. The summed E-state index contributed by atoms with van der Waals surface area (Å²) in [7, 11) is -1.49. The quantitative estimate of drug-likeness (QED) is 0.340. The van der Waals surface area contributed by atoms with Crippen LogP contribution in [0.2, 0.25) is 0 Å². The van der Waals surface area contributed by atoms with Gasteiger partial charge in [-0.25, -0.2) is 0 Å². The van der Waals surface area contributed by atoms with Crippen LogP contribution in [0, 0.1) is 0 Å². The van der Waals surface area contributed by atoms with Crippen LogP contribution in [0.4, 0.5) is 0 Å². The molecule has 0 saturated carbocycles. The van der Waals surface area contributed by atoms with Gasteiger partial charge in [0, 0.05) is 11.5 Å². The van der Waals surface area contributed by atoms with Crippen molar-refractivity contribution in [2.45, 2.75) is 0 Å². The van der Waals surface area contributed by atoms with Gasteiger partial charge >= 0.3 is 5.48 Å². The summed E-state index contributed by atoms with van der Waals surface area (Å²) in [4.78, 5) is 12.0. The predicted molar refractivity (Wildman–Crippen MR) is 64.0 cm³/mol. The van der Waals surface area contributed by atoms with Gasteiger partial charge in [-0.2, -0.15) is 0 Å². The summed E-state index contributed by atoms with van der Waals surface area (Å²) in [5.41, 5.74) is 0.665. The number of benzene rings is 2. The molecule has 0 amide bonds. The topological polar surface area (TPSA) is 35.6 Å². The lowest BCUT2D eigenvalue weighted by Crippen LogP contribution is -1.83. The largest absolute Gasteiger partial charge is 0.623 e. The minimum absolute atomic E-state index is 0.665. The minimum Gasteiger partial charge on any atom is -0.623 e. The van der Waals surface area contributed by atoms with E-state index in [9.17, 15) is 4.89 Å². The van der Waals surface area contributed by atoms with Gasteiger partial charge in [-0.05, 0) is 22.9 Å². The van der Waals surface area contributed by atoms with E-state index >= 15 is 0 Å². The Morgan fingerprint density at radius 3 is 2.81 bits per heavy atom. The van der Waals surface area contributed by atoms with Gasteiger partial charge in [0.2, 0.25) is 5.75 Å². The fraction of sp³-hybridized carbons (Fsp3) is 0. The zero-order valence-electron chi connectivity index (χ0n) is 8.31. The van der Waals surface area contributed by atoms with E-state index in [-0.39, 0.29) is 0 Å². The second-order valence-corrected chi connectivity index (χ2v) is 5.41. The van der Waals surface area contributed by atoms with E-state index in [2.05, 4.69) is 12.1 Å². The standard InChI is InChI=1S/C13H7O2P/c14-16-12-6-5-8-3-1-2-4-9(8)10(12)7-11-13(16)15-11/h1-7H. The summed E-state index contributed by atoms with van der Waals surface area (Å²) in [5, 5.41) is 4.26. The molecule has 0 aliphatic carbocycles. The van der Waals surface area contributed by atoms with E-state index in [0.29, 0.717) is 5.48 Å². The Morgan fingerprint density at radius 2 is 1.88 bits per heavy atom. The number of rotatable bonds is 0. The lowest BCUT2D eigenvalue weighted by Gasteiger charge is -2.00. The normalized spacial score (nSPS) is 13.7. The highest BCUT2D eigenvalue weighted by molar-refractivity contribution is 7.51. The summed E-state index contributed by atoms with van der Waals surface area (Å²) in [6.45, 7) is 0. The molecule has 1 unspecified atom stereocenters. The second kappa shape index (κ2) is 2.73. The fourth-order valence-electron chi connectivity index (χ4n) is 2.16. The summed E-state index contributed by atoms with van der Waals surface area (Å²) in [6, 6.07) is 14.1. The van der Waals surface area contributed by atoms with Crippen LogP contribution in [0.25, 0.3) is 21.3 Å². The van der Waals surface area contributed by atoms with Crippen molar-refractivity contribution in [3.05, 3.63) is 42.5 Å². The van der Waals surface area contributed by atoms with Crippen molar-refractivity contribution in [3.63, 3.8) is 0 Å². The van der Waals surface area contributed by atoms with Crippen LogP contribution in [0.1, 0.15) is 0 Å². The van der Waals surface area contributed by atoms with E-state index in [4.69, 9.17) is 4.74 Å². The first-order valence-corrected chi connectivity index (χ1v) is 6.36. The molecule has 0 spiro atoms. The smallest absolute Gasteiger partial charge is 0.344 e. The van der Waals surface area contributed by atoms with E-state index in [1.54, 1.807) is 0 Å². The lowest BCUT2D eigenvalue weighted by atomic mass is 10.1. The van der Waals surface area contributed by atoms with Crippen LogP contribution in [0.5, 0.6) is 11.2 Å². The molecule has 2 aromatic carbocycles. The van der Waals surface area contributed by atoms with Crippen LogP contribution < -0.4 is 9.63 Å². The molecule has 3 heteroatoms. The number of hydrogen-bond donors (Lipinski definition) is 0. The maximum absolute atomic E-state index is 12.0.